The Bertz CT molecular complexity index is 612. The first kappa shape index (κ1) is 15.0. The molecular weight excluding hydrogens is 284 g/mol. The van der Waals surface area contributed by atoms with Crippen LogP contribution in [0.5, 0.6) is 0 Å². The summed E-state index contributed by atoms with van der Waals surface area (Å²) in [6.45, 7) is 0.657. The Labute approximate surface area is 127 Å². The van der Waals surface area contributed by atoms with Gasteiger partial charge >= 0.3 is 0 Å². The van der Waals surface area contributed by atoms with Crippen LogP contribution in [0.25, 0.3) is 0 Å². The first-order valence-electron chi connectivity index (χ1n) is 7.79. The molecule has 1 saturated heterocycles. The normalized spacial score (nSPS) is 27.0. The van der Waals surface area contributed by atoms with Crippen LogP contribution in [0.4, 0.5) is 0 Å². The van der Waals surface area contributed by atoms with Gasteiger partial charge in [-0.1, -0.05) is 24.3 Å². The van der Waals surface area contributed by atoms with Gasteiger partial charge in [-0.05, 0) is 43.2 Å². The van der Waals surface area contributed by atoms with Crippen molar-refractivity contribution in [1.29, 1.82) is 0 Å². The molecule has 0 saturated carbocycles. The van der Waals surface area contributed by atoms with Crippen LogP contribution in [0.15, 0.2) is 24.3 Å². The van der Waals surface area contributed by atoms with Gasteiger partial charge in [-0.15, -0.1) is 0 Å². The van der Waals surface area contributed by atoms with Crippen LogP contribution in [-0.2, 0) is 16.6 Å². The maximum atomic E-state index is 12.5. The van der Waals surface area contributed by atoms with Crippen molar-refractivity contribution in [3.63, 3.8) is 0 Å². The fraction of sp³-hybridized carbons (Fsp3) is 0.625. The molecule has 1 fully saturated rings. The summed E-state index contributed by atoms with van der Waals surface area (Å²) in [4.78, 5) is 0. The predicted molar refractivity (Wildman–Crippen MR) is 84.5 cm³/mol. The Hall–Kier alpha value is -0.910. The quantitative estimate of drug-likeness (QED) is 0.860. The van der Waals surface area contributed by atoms with E-state index in [0.29, 0.717) is 12.5 Å². The topological polar surface area (TPSA) is 40.6 Å². The predicted octanol–water partition coefficient (Wildman–Crippen LogP) is 2.38. The van der Waals surface area contributed by atoms with Crippen molar-refractivity contribution in [3.8, 4) is 0 Å². The molecule has 1 aromatic rings. The third-order valence-corrected chi connectivity index (χ3v) is 6.86. The van der Waals surface area contributed by atoms with Crippen molar-refractivity contribution in [2.75, 3.05) is 20.6 Å². The average molecular weight is 308 g/mol. The van der Waals surface area contributed by atoms with Gasteiger partial charge in [-0.3, -0.25) is 0 Å². The minimum absolute atomic E-state index is 0.124. The molecule has 0 amide bonds. The highest BCUT2D eigenvalue weighted by molar-refractivity contribution is 7.86. The Morgan fingerprint density at radius 2 is 1.90 bits per heavy atom. The van der Waals surface area contributed by atoms with Crippen LogP contribution < -0.4 is 0 Å². The molecule has 0 bridgehead atoms. The van der Waals surface area contributed by atoms with E-state index in [1.807, 2.05) is 0 Å². The van der Waals surface area contributed by atoms with Crippen molar-refractivity contribution in [2.45, 2.75) is 44.1 Å². The van der Waals surface area contributed by atoms with Gasteiger partial charge in [0.05, 0.1) is 0 Å². The minimum Gasteiger partial charge on any atom is -0.195 e. The third kappa shape index (κ3) is 2.62. The monoisotopic (exact) mass is 308 g/mol. The lowest BCUT2D eigenvalue weighted by atomic mass is 9.78. The molecule has 116 valence electrons. The van der Waals surface area contributed by atoms with Crippen molar-refractivity contribution in [3.05, 3.63) is 35.4 Å². The zero-order valence-electron chi connectivity index (χ0n) is 12.8. The highest BCUT2D eigenvalue weighted by atomic mass is 32.2. The molecule has 4 nitrogen and oxygen atoms in total. The van der Waals surface area contributed by atoms with Crippen LogP contribution in [0.3, 0.4) is 0 Å². The Kier molecular flexibility index (Phi) is 4.08. The maximum absolute atomic E-state index is 12.5. The molecule has 3 rings (SSSR count). The summed E-state index contributed by atoms with van der Waals surface area (Å²) in [6.07, 6.45) is 5.33. The molecule has 0 aromatic heterocycles. The summed E-state index contributed by atoms with van der Waals surface area (Å²) < 4.78 is 28.2. The van der Waals surface area contributed by atoms with E-state index in [2.05, 4.69) is 24.3 Å². The van der Waals surface area contributed by atoms with Crippen LogP contribution in [-0.4, -0.2) is 43.7 Å². The third-order valence-electron chi connectivity index (χ3n) is 4.89. The number of fused-ring (bicyclic) bond motifs is 1. The fourth-order valence-electron chi connectivity index (χ4n) is 3.86. The number of rotatable bonds is 3. The SMILES string of the molecule is CN(C)S(=O)(=O)N1CCC[C@@H]1[C@@H]1CCCc2ccccc21. The molecule has 0 unspecified atom stereocenters. The molecule has 1 aliphatic heterocycles. The molecule has 0 spiro atoms. The van der Waals surface area contributed by atoms with Gasteiger partial charge in [-0.2, -0.15) is 17.0 Å². The van der Waals surface area contributed by atoms with Crippen molar-refractivity contribution >= 4 is 10.2 Å². The summed E-state index contributed by atoms with van der Waals surface area (Å²) in [7, 11) is -0.0619. The van der Waals surface area contributed by atoms with E-state index in [0.717, 1.165) is 32.1 Å². The van der Waals surface area contributed by atoms with E-state index in [1.54, 1.807) is 18.4 Å². The minimum atomic E-state index is -3.31. The summed E-state index contributed by atoms with van der Waals surface area (Å²) in [6, 6.07) is 8.68. The molecule has 1 aliphatic carbocycles. The van der Waals surface area contributed by atoms with E-state index in [9.17, 15) is 8.42 Å². The van der Waals surface area contributed by atoms with Gasteiger partial charge in [0.1, 0.15) is 0 Å². The molecule has 1 aromatic carbocycles. The van der Waals surface area contributed by atoms with Crippen LogP contribution >= 0.6 is 0 Å². The molecule has 2 atom stereocenters. The van der Waals surface area contributed by atoms with E-state index < -0.39 is 10.2 Å². The lowest BCUT2D eigenvalue weighted by Crippen LogP contribution is -2.45. The van der Waals surface area contributed by atoms with Gasteiger partial charge in [0.15, 0.2) is 0 Å². The zero-order valence-corrected chi connectivity index (χ0v) is 13.6. The maximum Gasteiger partial charge on any atom is 0.281 e. The van der Waals surface area contributed by atoms with E-state index in [1.165, 1.54) is 15.4 Å². The number of hydrogen-bond donors (Lipinski definition) is 0. The summed E-state index contributed by atoms with van der Waals surface area (Å²) in [5, 5.41) is 0. The van der Waals surface area contributed by atoms with Crippen molar-refractivity contribution in [1.82, 2.24) is 8.61 Å². The van der Waals surface area contributed by atoms with E-state index in [-0.39, 0.29) is 6.04 Å². The van der Waals surface area contributed by atoms with E-state index in [4.69, 9.17) is 0 Å². The number of aryl methyl sites for hydroxylation is 1. The number of hydrogen-bond acceptors (Lipinski definition) is 2. The van der Waals surface area contributed by atoms with Crippen LogP contribution in [0, 0.1) is 0 Å². The van der Waals surface area contributed by atoms with Gasteiger partial charge in [-0.25, -0.2) is 0 Å². The first-order valence-corrected chi connectivity index (χ1v) is 9.18. The molecule has 2 aliphatic rings. The second-order valence-corrected chi connectivity index (χ2v) is 8.40. The molecular formula is C16H24N2O2S. The summed E-state index contributed by atoms with van der Waals surface area (Å²) in [5.74, 6) is 0.354. The number of benzene rings is 1. The molecule has 1 heterocycles. The second-order valence-electron chi connectivity index (χ2n) is 6.31. The van der Waals surface area contributed by atoms with Crippen LogP contribution in [0.2, 0.25) is 0 Å². The molecule has 21 heavy (non-hydrogen) atoms. The second kappa shape index (κ2) is 5.71. The van der Waals surface area contributed by atoms with Gasteiger partial charge in [0.2, 0.25) is 0 Å². The van der Waals surface area contributed by atoms with Crippen LogP contribution in [0.1, 0.15) is 42.7 Å². The first-order chi connectivity index (χ1) is 10.0. The van der Waals surface area contributed by atoms with E-state index >= 15 is 0 Å². The number of nitrogens with zero attached hydrogens (tertiary/aromatic N) is 2. The molecule has 0 radical (unpaired) electrons. The van der Waals surface area contributed by atoms with Crippen molar-refractivity contribution in [2.24, 2.45) is 0 Å². The largest absolute Gasteiger partial charge is 0.281 e. The standard InChI is InChI=1S/C16H24N2O2S/c1-17(2)21(19,20)18-12-6-11-16(18)15-10-5-8-13-7-3-4-9-14(13)15/h3-4,7,9,15-16H,5-6,8,10-12H2,1-2H3/t15-,16-/m1/s1. The lowest BCUT2D eigenvalue weighted by molar-refractivity contribution is 0.301. The smallest absolute Gasteiger partial charge is 0.195 e. The fourth-order valence-corrected chi connectivity index (χ4v) is 5.23. The Morgan fingerprint density at radius 1 is 1.14 bits per heavy atom. The highest BCUT2D eigenvalue weighted by Crippen LogP contribution is 2.40. The zero-order chi connectivity index (χ0) is 15.0. The Morgan fingerprint density at radius 3 is 2.67 bits per heavy atom. The Balaban J connectivity index is 1.94. The lowest BCUT2D eigenvalue weighted by Gasteiger charge is -2.35. The van der Waals surface area contributed by atoms with Gasteiger partial charge in [0.25, 0.3) is 10.2 Å². The van der Waals surface area contributed by atoms with Crippen molar-refractivity contribution < 1.29 is 8.42 Å². The van der Waals surface area contributed by atoms with Gasteiger partial charge in [0, 0.05) is 32.6 Å². The molecule has 0 N–H and O–H groups in total. The highest BCUT2D eigenvalue weighted by Gasteiger charge is 2.41. The molecule has 5 heteroatoms. The van der Waals surface area contributed by atoms with Gasteiger partial charge < -0.3 is 0 Å². The summed E-state index contributed by atoms with van der Waals surface area (Å²) in [5.41, 5.74) is 2.78. The summed E-state index contributed by atoms with van der Waals surface area (Å²) >= 11 is 0. The average Bonchev–Trinajstić information content (AvgIpc) is 2.96.